The van der Waals surface area contributed by atoms with E-state index in [9.17, 15) is 4.79 Å². The summed E-state index contributed by atoms with van der Waals surface area (Å²) in [4.78, 5) is 13.3. The van der Waals surface area contributed by atoms with Crippen LogP contribution in [0.25, 0.3) is 16.9 Å². The number of para-hydroxylation sites is 1. The standard InChI is InChI=1S/C24H19Cl2N3O3/c1-31-16-11-12-21(32-2)17(13-16)23-18(14-29(28-23)15-7-4-3-5-8-15)24(30)27-20-10-6-9-19(25)22(20)26/h3-14H,1-2H3,(H,27,30). The highest BCUT2D eigenvalue weighted by molar-refractivity contribution is 6.44. The van der Waals surface area contributed by atoms with Crippen LogP contribution in [-0.4, -0.2) is 29.9 Å². The first kappa shape index (κ1) is 21.7. The molecule has 6 nitrogen and oxygen atoms in total. The maximum Gasteiger partial charge on any atom is 0.259 e. The van der Waals surface area contributed by atoms with Gasteiger partial charge in [-0.3, -0.25) is 4.79 Å². The molecule has 4 aromatic rings. The lowest BCUT2D eigenvalue weighted by molar-refractivity contribution is 0.102. The van der Waals surface area contributed by atoms with Crippen LogP contribution in [0, 0.1) is 0 Å². The molecule has 0 unspecified atom stereocenters. The van der Waals surface area contributed by atoms with Gasteiger partial charge in [-0.25, -0.2) is 4.68 Å². The van der Waals surface area contributed by atoms with Gasteiger partial charge in [-0.1, -0.05) is 47.5 Å². The molecule has 0 aliphatic heterocycles. The maximum atomic E-state index is 13.3. The van der Waals surface area contributed by atoms with Crippen molar-refractivity contribution in [1.82, 2.24) is 9.78 Å². The van der Waals surface area contributed by atoms with Crippen molar-refractivity contribution >= 4 is 34.8 Å². The minimum Gasteiger partial charge on any atom is -0.497 e. The Morgan fingerprint density at radius 2 is 1.75 bits per heavy atom. The van der Waals surface area contributed by atoms with Crippen molar-refractivity contribution in [3.8, 4) is 28.4 Å². The molecule has 0 aliphatic carbocycles. The molecule has 3 aromatic carbocycles. The first-order chi connectivity index (χ1) is 15.5. The number of nitrogens with zero attached hydrogens (tertiary/aromatic N) is 2. The van der Waals surface area contributed by atoms with Gasteiger partial charge in [0.05, 0.1) is 41.2 Å². The predicted octanol–water partition coefficient (Wildman–Crippen LogP) is 6.12. The fourth-order valence-electron chi connectivity index (χ4n) is 3.24. The van der Waals surface area contributed by atoms with Crippen LogP contribution in [0.2, 0.25) is 10.0 Å². The minimum absolute atomic E-state index is 0.262. The molecule has 0 spiro atoms. The number of rotatable bonds is 6. The second-order valence-electron chi connectivity index (χ2n) is 6.79. The molecule has 4 rings (SSSR count). The van der Waals surface area contributed by atoms with Crippen LogP contribution in [0.5, 0.6) is 11.5 Å². The van der Waals surface area contributed by atoms with Crippen LogP contribution < -0.4 is 14.8 Å². The van der Waals surface area contributed by atoms with Crippen molar-refractivity contribution < 1.29 is 14.3 Å². The topological polar surface area (TPSA) is 65.4 Å². The van der Waals surface area contributed by atoms with Crippen molar-refractivity contribution in [2.24, 2.45) is 0 Å². The number of benzene rings is 3. The molecule has 0 bridgehead atoms. The summed E-state index contributed by atoms with van der Waals surface area (Å²) >= 11 is 12.4. The Balaban J connectivity index is 1.85. The van der Waals surface area contributed by atoms with Crippen LogP contribution >= 0.6 is 23.2 Å². The van der Waals surface area contributed by atoms with E-state index in [2.05, 4.69) is 5.32 Å². The molecule has 1 aromatic heterocycles. The second-order valence-corrected chi connectivity index (χ2v) is 7.58. The predicted molar refractivity (Wildman–Crippen MR) is 127 cm³/mol. The zero-order valence-corrected chi connectivity index (χ0v) is 18.8. The number of hydrogen-bond donors (Lipinski definition) is 1. The zero-order valence-electron chi connectivity index (χ0n) is 17.3. The van der Waals surface area contributed by atoms with Crippen molar-refractivity contribution in [3.63, 3.8) is 0 Å². The number of methoxy groups -OCH3 is 2. The smallest absolute Gasteiger partial charge is 0.259 e. The molecule has 0 radical (unpaired) electrons. The third-order valence-electron chi connectivity index (χ3n) is 4.84. The molecule has 1 heterocycles. The fraction of sp³-hybridized carbons (Fsp3) is 0.0833. The summed E-state index contributed by atoms with van der Waals surface area (Å²) in [5.74, 6) is 0.773. The molecule has 0 fully saturated rings. The Morgan fingerprint density at radius 1 is 0.969 bits per heavy atom. The van der Waals surface area contributed by atoms with Gasteiger partial charge >= 0.3 is 0 Å². The molecular formula is C24H19Cl2N3O3. The van der Waals surface area contributed by atoms with Gasteiger partial charge in [0.2, 0.25) is 0 Å². The first-order valence-corrected chi connectivity index (χ1v) is 10.4. The quantitative estimate of drug-likeness (QED) is 0.371. The van der Waals surface area contributed by atoms with E-state index in [1.165, 1.54) is 0 Å². The van der Waals surface area contributed by atoms with Gasteiger partial charge in [0.1, 0.15) is 17.2 Å². The van der Waals surface area contributed by atoms with Crippen LogP contribution in [0.3, 0.4) is 0 Å². The first-order valence-electron chi connectivity index (χ1n) is 9.64. The molecule has 0 saturated heterocycles. The summed E-state index contributed by atoms with van der Waals surface area (Å²) in [5, 5.41) is 8.14. The molecular weight excluding hydrogens is 449 g/mol. The number of ether oxygens (including phenoxy) is 2. The Kier molecular flexibility index (Phi) is 6.35. The number of hydrogen-bond acceptors (Lipinski definition) is 4. The lowest BCUT2D eigenvalue weighted by atomic mass is 10.1. The third-order valence-corrected chi connectivity index (χ3v) is 5.66. The van der Waals surface area contributed by atoms with E-state index in [-0.39, 0.29) is 5.02 Å². The van der Waals surface area contributed by atoms with E-state index in [1.807, 2.05) is 30.3 Å². The molecule has 162 valence electrons. The number of carbonyl (C=O) groups is 1. The summed E-state index contributed by atoms with van der Waals surface area (Å²) in [6.07, 6.45) is 1.66. The van der Waals surface area contributed by atoms with Gasteiger partial charge in [0.15, 0.2) is 0 Å². The summed E-state index contributed by atoms with van der Waals surface area (Å²) in [7, 11) is 3.13. The largest absolute Gasteiger partial charge is 0.497 e. The molecule has 1 amide bonds. The highest BCUT2D eigenvalue weighted by atomic mass is 35.5. The summed E-state index contributed by atoms with van der Waals surface area (Å²) in [6, 6.07) is 19.9. The normalized spacial score (nSPS) is 10.6. The molecule has 0 aliphatic rings. The minimum atomic E-state index is -0.392. The number of amides is 1. The van der Waals surface area contributed by atoms with Gasteiger partial charge in [0, 0.05) is 11.8 Å². The summed E-state index contributed by atoms with van der Waals surface area (Å²) < 4.78 is 12.5. The highest BCUT2D eigenvalue weighted by Crippen LogP contribution is 2.36. The van der Waals surface area contributed by atoms with Crippen molar-refractivity contribution in [3.05, 3.63) is 88.5 Å². The fourth-order valence-corrected chi connectivity index (χ4v) is 3.59. The second kappa shape index (κ2) is 9.34. The van der Waals surface area contributed by atoms with Crippen LogP contribution in [0.15, 0.2) is 72.9 Å². The Bertz CT molecular complexity index is 1270. The lowest BCUT2D eigenvalue weighted by Crippen LogP contribution is -2.13. The molecule has 0 saturated carbocycles. The van der Waals surface area contributed by atoms with Crippen LogP contribution in [0.1, 0.15) is 10.4 Å². The monoisotopic (exact) mass is 467 g/mol. The van der Waals surface area contributed by atoms with Gasteiger partial charge in [0.25, 0.3) is 5.91 Å². The van der Waals surface area contributed by atoms with Crippen molar-refractivity contribution in [1.29, 1.82) is 0 Å². The van der Waals surface area contributed by atoms with Crippen LogP contribution in [-0.2, 0) is 0 Å². The summed E-state index contributed by atoms with van der Waals surface area (Å²) in [5.41, 5.74) is 2.58. The van der Waals surface area contributed by atoms with Gasteiger partial charge in [-0.2, -0.15) is 5.10 Å². The molecule has 32 heavy (non-hydrogen) atoms. The van der Waals surface area contributed by atoms with E-state index in [0.717, 1.165) is 5.69 Å². The third kappa shape index (κ3) is 4.28. The zero-order chi connectivity index (χ0) is 22.7. The number of halogens is 2. The molecule has 1 N–H and O–H groups in total. The average Bonchev–Trinajstić information content (AvgIpc) is 3.27. The molecule has 8 heteroatoms. The number of carbonyl (C=O) groups excluding carboxylic acids is 1. The van der Waals surface area contributed by atoms with E-state index in [0.29, 0.717) is 39.0 Å². The Labute approximate surface area is 195 Å². The van der Waals surface area contributed by atoms with Gasteiger partial charge in [-0.05, 0) is 42.5 Å². The lowest BCUT2D eigenvalue weighted by Gasteiger charge is -2.11. The highest BCUT2D eigenvalue weighted by Gasteiger charge is 2.23. The van der Waals surface area contributed by atoms with E-state index in [4.69, 9.17) is 37.8 Å². The van der Waals surface area contributed by atoms with E-state index < -0.39 is 5.91 Å². The number of nitrogens with one attached hydrogen (secondary N) is 1. The SMILES string of the molecule is COc1ccc(OC)c(-c2nn(-c3ccccc3)cc2C(=O)Nc2cccc(Cl)c2Cl)c1. The maximum absolute atomic E-state index is 13.3. The van der Waals surface area contributed by atoms with Crippen LogP contribution in [0.4, 0.5) is 5.69 Å². The van der Waals surface area contributed by atoms with E-state index in [1.54, 1.807) is 61.5 Å². The Hall–Kier alpha value is -3.48. The van der Waals surface area contributed by atoms with Gasteiger partial charge in [-0.15, -0.1) is 0 Å². The number of anilines is 1. The van der Waals surface area contributed by atoms with Gasteiger partial charge < -0.3 is 14.8 Å². The number of aromatic nitrogens is 2. The van der Waals surface area contributed by atoms with Crippen molar-refractivity contribution in [2.75, 3.05) is 19.5 Å². The van der Waals surface area contributed by atoms with E-state index >= 15 is 0 Å². The average molecular weight is 468 g/mol. The molecule has 0 atom stereocenters. The Morgan fingerprint density at radius 3 is 2.47 bits per heavy atom. The summed E-state index contributed by atoms with van der Waals surface area (Å²) in [6.45, 7) is 0. The van der Waals surface area contributed by atoms with Crippen molar-refractivity contribution in [2.45, 2.75) is 0 Å².